The number of rotatable bonds is 7. The number of nitrogens with zero attached hydrogens (tertiary/aromatic N) is 6. The molecular weight excluding hydrogens is 753 g/mol. The van der Waals surface area contributed by atoms with Gasteiger partial charge in [-0.25, -0.2) is 15.0 Å². The van der Waals surface area contributed by atoms with Crippen LogP contribution in [0.4, 0.5) is 0 Å². The summed E-state index contributed by atoms with van der Waals surface area (Å²) in [6.07, 6.45) is 0. The summed E-state index contributed by atoms with van der Waals surface area (Å²) in [6.45, 7) is 0. The Hall–Kier alpha value is -8.49. The summed E-state index contributed by atoms with van der Waals surface area (Å²) in [7, 11) is 0. The first-order valence-electron chi connectivity index (χ1n) is 20.1. The maximum atomic E-state index is 6.00. The second kappa shape index (κ2) is 14.1. The first-order valence-corrected chi connectivity index (χ1v) is 20.1. The van der Waals surface area contributed by atoms with Crippen LogP contribution in [-0.2, 0) is 0 Å². The molecular formula is C53H32N6O2. The Morgan fingerprint density at radius 3 is 1.05 bits per heavy atom. The lowest BCUT2D eigenvalue weighted by Crippen LogP contribution is -2.06. The smallest absolute Gasteiger partial charge is 0.238 e. The largest absolute Gasteiger partial charge is 0.436 e. The zero-order valence-electron chi connectivity index (χ0n) is 32.5. The molecule has 0 radical (unpaired) electrons. The molecule has 4 aromatic heterocycles. The third-order valence-corrected chi connectivity index (χ3v) is 11.2. The second-order valence-electron chi connectivity index (χ2n) is 14.9. The molecule has 0 unspecified atom stereocenters. The van der Waals surface area contributed by atoms with Gasteiger partial charge < -0.3 is 8.83 Å². The summed E-state index contributed by atoms with van der Waals surface area (Å²) in [5.74, 6) is 2.93. The average molecular weight is 785 g/mol. The SMILES string of the molecule is c1ccc2oc(-c3ccc(-c4ccc(-c5nc(-c6ccc(-c7ccc(-c8nc9ccccc9o8)cc7)cc6)nc(-n6c7ccccc7c7ccccc76)n5)cc4)cc3)nc2c1. The molecule has 8 aromatic carbocycles. The number of hydrogen-bond donors (Lipinski definition) is 0. The molecule has 286 valence electrons. The van der Waals surface area contributed by atoms with Crippen LogP contribution < -0.4 is 0 Å². The van der Waals surface area contributed by atoms with Crippen LogP contribution in [0.15, 0.2) is 203 Å². The highest BCUT2D eigenvalue weighted by Gasteiger charge is 2.18. The molecule has 61 heavy (non-hydrogen) atoms. The van der Waals surface area contributed by atoms with E-state index in [1.807, 2.05) is 72.8 Å². The van der Waals surface area contributed by atoms with Gasteiger partial charge in [-0.3, -0.25) is 4.57 Å². The standard InChI is InChI=1S/C53H32N6O2/c1-5-13-45-41(9-1)42-10-2-6-14-46(42)59(45)53-57-49(37-25-17-33(18-26-37)35-21-29-39(30-22-35)51-54-43-11-3-7-15-47(43)60-51)56-50(58-53)38-27-19-34(20-28-38)36-23-31-40(32-24-36)52-55-44-12-4-8-16-48(44)61-52/h1-32H. The van der Waals surface area contributed by atoms with E-state index >= 15 is 0 Å². The molecule has 0 saturated heterocycles. The van der Waals surface area contributed by atoms with E-state index in [0.717, 1.165) is 88.5 Å². The highest BCUT2D eigenvalue weighted by molar-refractivity contribution is 6.09. The molecule has 0 amide bonds. The summed E-state index contributed by atoms with van der Waals surface area (Å²) in [6, 6.07) is 65.7. The van der Waals surface area contributed by atoms with Gasteiger partial charge in [-0.1, -0.05) is 133 Å². The number of benzene rings is 8. The molecule has 4 heterocycles. The van der Waals surface area contributed by atoms with Gasteiger partial charge in [-0.15, -0.1) is 0 Å². The highest BCUT2D eigenvalue weighted by Crippen LogP contribution is 2.34. The lowest BCUT2D eigenvalue weighted by molar-refractivity contribution is 0.619. The van der Waals surface area contributed by atoms with Crippen molar-refractivity contribution in [2.45, 2.75) is 0 Å². The van der Waals surface area contributed by atoms with Gasteiger partial charge in [0.1, 0.15) is 11.0 Å². The maximum Gasteiger partial charge on any atom is 0.238 e. The van der Waals surface area contributed by atoms with E-state index in [4.69, 9.17) is 23.8 Å². The third-order valence-electron chi connectivity index (χ3n) is 11.2. The molecule has 12 aromatic rings. The fraction of sp³-hybridized carbons (Fsp3) is 0. The van der Waals surface area contributed by atoms with Crippen LogP contribution in [-0.4, -0.2) is 29.5 Å². The van der Waals surface area contributed by atoms with Crippen molar-refractivity contribution in [2.24, 2.45) is 0 Å². The molecule has 8 nitrogen and oxygen atoms in total. The van der Waals surface area contributed by atoms with Crippen molar-refractivity contribution in [1.29, 1.82) is 0 Å². The fourth-order valence-corrected chi connectivity index (χ4v) is 8.09. The van der Waals surface area contributed by atoms with Crippen LogP contribution in [0.5, 0.6) is 0 Å². The maximum absolute atomic E-state index is 6.00. The van der Waals surface area contributed by atoms with Crippen molar-refractivity contribution in [2.75, 3.05) is 0 Å². The predicted octanol–water partition coefficient (Wildman–Crippen LogP) is 13.3. The van der Waals surface area contributed by atoms with Crippen LogP contribution in [0, 0.1) is 0 Å². The molecule has 0 bridgehead atoms. The van der Waals surface area contributed by atoms with E-state index < -0.39 is 0 Å². The van der Waals surface area contributed by atoms with E-state index in [1.54, 1.807) is 0 Å². The third kappa shape index (κ3) is 6.13. The summed E-state index contributed by atoms with van der Waals surface area (Å²) in [5, 5.41) is 2.28. The average Bonchev–Trinajstić information content (AvgIpc) is 4.06. The van der Waals surface area contributed by atoms with Crippen molar-refractivity contribution < 1.29 is 8.83 Å². The van der Waals surface area contributed by atoms with E-state index in [-0.39, 0.29) is 0 Å². The van der Waals surface area contributed by atoms with Crippen molar-refractivity contribution in [3.05, 3.63) is 194 Å². The van der Waals surface area contributed by atoms with Gasteiger partial charge in [0.05, 0.1) is 11.0 Å². The molecule has 0 fully saturated rings. The van der Waals surface area contributed by atoms with Crippen molar-refractivity contribution >= 4 is 44.0 Å². The van der Waals surface area contributed by atoms with Crippen molar-refractivity contribution in [3.8, 4) is 73.9 Å². The Balaban J connectivity index is 0.899. The van der Waals surface area contributed by atoms with Gasteiger partial charge in [0.25, 0.3) is 0 Å². The normalized spacial score (nSPS) is 11.6. The molecule has 12 rings (SSSR count). The lowest BCUT2D eigenvalue weighted by atomic mass is 10.0. The number of hydrogen-bond acceptors (Lipinski definition) is 7. The molecule has 0 aliphatic carbocycles. The minimum absolute atomic E-state index is 0.551. The fourth-order valence-electron chi connectivity index (χ4n) is 8.09. The Morgan fingerprint density at radius 2 is 0.639 bits per heavy atom. The topological polar surface area (TPSA) is 95.7 Å². The molecule has 0 aliphatic heterocycles. The quantitative estimate of drug-likeness (QED) is 0.159. The Labute approximate surface area is 349 Å². The zero-order valence-corrected chi connectivity index (χ0v) is 32.5. The van der Waals surface area contributed by atoms with Gasteiger partial charge in [-0.2, -0.15) is 9.97 Å². The summed E-state index contributed by atoms with van der Waals surface area (Å²) in [5.41, 5.74) is 13.2. The second-order valence-corrected chi connectivity index (χ2v) is 14.9. The Morgan fingerprint density at radius 1 is 0.295 bits per heavy atom. The monoisotopic (exact) mass is 784 g/mol. The van der Waals surface area contributed by atoms with E-state index in [1.165, 1.54) is 0 Å². The minimum atomic E-state index is 0.551. The number of oxazole rings is 2. The Kier molecular flexibility index (Phi) is 7.99. The van der Waals surface area contributed by atoms with Gasteiger partial charge in [0.15, 0.2) is 22.8 Å². The van der Waals surface area contributed by atoms with Crippen LogP contribution in [0.2, 0.25) is 0 Å². The molecule has 0 spiro atoms. The van der Waals surface area contributed by atoms with Gasteiger partial charge >= 0.3 is 0 Å². The first kappa shape index (κ1) is 34.5. The first-order chi connectivity index (χ1) is 30.2. The molecule has 0 atom stereocenters. The van der Waals surface area contributed by atoms with E-state index in [2.05, 4.69) is 136 Å². The van der Waals surface area contributed by atoms with Gasteiger partial charge in [-0.05, 0) is 82.9 Å². The number of aromatic nitrogens is 6. The number of para-hydroxylation sites is 6. The van der Waals surface area contributed by atoms with Crippen molar-refractivity contribution in [1.82, 2.24) is 29.5 Å². The summed E-state index contributed by atoms with van der Waals surface area (Å²) < 4.78 is 14.1. The van der Waals surface area contributed by atoms with Crippen molar-refractivity contribution in [3.63, 3.8) is 0 Å². The van der Waals surface area contributed by atoms with Crippen LogP contribution >= 0.6 is 0 Å². The molecule has 0 saturated carbocycles. The van der Waals surface area contributed by atoms with Crippen LogP contribution in [0.1, 0.15) is 0 Å². The summed E-state index contributed by atoms with van der Waals surface area (Å²) >= 11 is 0. The Bertz CT molecular complexity index is 3270. The predicted molar refractivity (Wildman–Crippen MR) is 242 cm³/mol. The highest BCUT2D eigenvalue weighted by atomic mass is 16.4. The molecule has 0 N–H and O–H groups in total. The number of fused-ring (bicyclic) bond motifs is 5. The summed E-state index contributed by atoms with van der Waals surface area (Å²) in [4.78, 5) is 24.7. The van der Waals surface area contributed by atoms with Crippen LogP contribution in [0.25, 0.3) is 118 Å². The van der Waals surface area contributed by atoms with Crippen LogP contribution in [0.3, 0.4) is 0 Å². The minimum Gasteiger partial charge on any atom is -0.436 e. The zero-order chi connectivity index (χ0) is 40.3. The lowest BCUT2D eigenvalue weighted by Gasteiger charge is -2.12. The molecule has 0 aliphatic rings. The van der Waals surface area contributed by atoms with E-state index in [0.29, 0.717) is 29.4 Å². The van der Waals surface area contributed by atoms with E-state index in [9.17, 15) is 0 Å². The molecule has 8 heteroatoms. The van der Waals surface area contributed by atoms with Gasteiger partial charge in [0, 0.05) is 33.0 Å². The van der Waals surface area contributed by atoms with Gasteiger partial charge in [0.2, 0.25) is 17.7 Å².